The first kappa shape index (κ1) is 15.3. The van der Waals surface area contributed by atoms with E-state index in [-0.39, 0.29) is 4.90 Å². The first-order valence-electron chi connectivity index (χ1n) is 6.03. The highest BCUT2D eigenvalue weighted by Gasteiger charge is 2.15. The maximum absolute atomic E-state index is 12.0. The number of carbonyl (C=O) groups is 1. The van der Waals surface area contributed by atoms with Crippen molar-refractivity contribution in [2.45, 2.75) is 4.90 Å². The summed E-state index contributed by atoms with van der Waals surface area (Å²) in [5, 5.41) is 0.421. The Balaban J connectivity index is 2.08. The molecule has 2 aromatic carbocycles. The van der Waals surface area contributed by atoms with Gasteiger partial charge in [0.25, 0.3) is 15.9 Å². The van der Waals surface area contributed by atoms with E-state index in [1.54, 1.807) is 12.1 Å². The largest absolute Gasteiger partial charge is 0.269 e. The van der Waals surface area contributed by atoms with Crippen LogP contribution < -0.4 is 4.72 Å². The van der Waals surface area contributed by atoms with Crippen molar-refractivity contribution in [2.24, 2.45) is 0 Å². The summed E-state index contributed by atoms with van der Waals surface area (Å²) < 4.78 is 25.9. The monoisotopic (exact) mass is 321 g/mol. The molecule has 0 saturated heterocycles. The maximum atomic E-state index is 12.0. The van der Waals surface area contributed by atoms with Crippen molar-refractivity contribution in [3.8, 4) is 0 Å². The van der Waals surface area contributed by atoms with Crippen molar-refractivity contribution in [1.29, 1.82) is 0 Å². The first-order valence-corrected chi connectivity index (χ1v) is 7.89. The van der Waals surface area contributed by atoms with Gasteiger partial charge in [0.2, 0.25) is 0 Å². The van der Waals surface area contributed by atoms with Gasteiger partial charge in [-0.05, 0) is 35.9 Å². The molecule has 4 nitrogen and oxygen atoms in total. The lowest BCUT2D eigenvalue weighted by atomic mass is 10.2. The van der Waals surface area contributed by atoms with E-state index in [1.807, 2.05) is 22.9 Å². The minimum Gasteiger partial charge on any atom is -0.269 e. The molecule has 21 heavy (non-hydrogen) atoms. The van der Waals surface area contributed by atoms with Gasteiger partial charge in [0.1, 0.15) is 0 Å². The fourth-order valence-electron chi connectivity index (χ4n) is 1.58. The zero-order chi connectivity index (χ0) is 15.3. The van der Waals surface area contributed by atoms with Crippen LogP contribution in [0, 0.1) is 0 Å². The Hall–Kier alpha value is -2.11. The molecule has 0 unspecified atom stereocenters. The fraction of sp³-hybridized carbons (Fsp3) is 0. The molecule has 0 fully saturated rings. The van der Waals surface area contributed by atoms with E-state index in [9.17, 15) is 13.2 Å². The Kier molecular flexibility index (Phi) is 4.77. The third-order valence-corrected chi connectivity index (χ3v) is 4.20. The summed E-state index contributed by atoms with van der Waals surface area (Å²) in [5.74, 6) is -0.714. The lowest BCUT2D eigenvalue weighted by molar-refractivity contribution is -0.114. The number of hydrogen-bond acceptors (Lipinski definition) is 3. The van der Waals surface area contributed by atoms with E-state index in [0.717, 1.165) is 5.56 Å². The molecule has 0 aliphatic rings. The zero-order valence-electron chi connectivity index (χ0n) is 10.9. The number of hydrogen-bond donors (Lipinski definition) is 1. The molecule has 0 atom stereocenters. The molecular weight excluding hydrogens is 310 g/mol. The van der Waals surface area contributed by atoms with Crippen LogP contribution in [-0.4, -0.2) is 14.3 Å². The number of benzene rings is 2. The van der Waals surface area contributed by atoms with Gasteiger partial charge in [0, 0.05) is 11.1 Å². The van der Waals surface area contributed by atoms with Gasteiger partial charge in [-0.15, -0.1) is 0 Å². The van der Waals surface area contributed by atoms with Gasteiger partial charge in [-0.3, -0.25) is 4.79 Å². The van der Waals surface area contributed by atoms with Gasteiger partial charge in [-0.1, -0.05) is 41.9 Å². The van der Waals surface area contributed by atoms with Gasteiger partial charge in [-0.2, -0.15) is 0 Å². The van der Waals surface area contributed by atoms with E-state index in [0.29, 0.717) is 5.02 Å². The van der Waals surface area contributed by atoms with Crippen LogP contribution in [0.1, 0.15) is 5.56 Å². The van der Waals surface area contributed by atoms with Crippen molar-refractivity contribution in [3.05, 3.63) is 71.3 Å². The van der Waals surface area contributed by atoms with E-state index >= 15 is 0 Å². The van der Waals surface area contributed by atoms with Crippen LogP contribution >= 0.6 is 11.6 Å². The fourth-order valence-corrected chi connectivity index (χ4v) is 2.65. The predicted molar refractivity (Wildman–Crippen MR) is 82.3 cm³/mol. The average molecular weight is 322 g/mol. The van der Waals surface area contributed by atoms with E-state index in [1.165, 1.54) is 36.4 Å². The topological polar surface area (TPSA) is 63.2 Å². The van der Waals surface area contributed by atoms with Crippen molar-refractivity contribution in [3.63, 3.8) is 0 Å². The average Bonchev–Trinajstić information content (AvgIpc) is 2.46. The molecule has 0 aliphatic carbocycles. The molecule has 0 spiro atoms. The second-order valence-corrected chi connectivity index (χ2v) is 6.29. The molecule has 1 amide bonds. The standard InChI is InChI=1S/C15H12ClNO3S/c16-13-7-9-14(10-8-13)21(19,20)17-15(18)11-6-12-4-2-1-3-5-12/h1-11H,(H,17,18)/b11-6+. The van der Waals surface area contributed by atoms with Crippen LogP contribution in [0.25, 0.3) is 6.08 Å². The molecule has 0 saturated carbocycles. The van der Waals surface area contributed by atoms with Gasteiger partial charge >= 0.3 is 0 Å². The number of amides is 1. The third kappa shape index (κ3) is 4.44. The Bertz CT molecular complexity index is 753. The summed E-state index contributed by atoms with van der Waals surface area (Å²) in [5.41, 5.74) is 0.802. The summed E-state index contributed by atoms with van der Waals surface area (Å²) in [6.45, 7) is 0. The normalized spacial score (nSPS) is 11.5. The molecule has 2 rings (SSSR count). The van der Waals surface area contributed by atoms with Gasteiger partial charge < -0.3 is 0 Å². The zero-order valence-corrected chi connectivity index (χ0v) is 12.4. The SMILES string of the molecule is O=C(/C=C/c1ccccc1)NS(=O)(=O)c1ccc(Cl)cc1. The van der Waals surface area contributed by atoms with E-state index < -0.39 is 15.9 Å². The second-order valence-electron chi connectivity index (χ2n) is 4.17. The number of nitrogens with one attached hydrogen (secondary N) is 1. The van der Waals surface area contributed by atoms with Crippen LogP contribution in [0.15, 0.2) is 65.6 Å². The first-order chi connectivity index (χ1) is 9.97. The van der Waals surface area contributed by atoms with E-state index in [4.69, 9.17) is 11.6 Å². The molecule has 0 aliphatic heterocycles. The molecule has 6 heteroatoms. The highest BCUT2D eigenvalue weighted by atomic mass is 35.5. The lowest BCUT2D eigenvalue weighted by Crippen LogP contribution is -2.28. The Morgan fingerprint density at radius 2 is 1.62 bits per heavy atom. The van der Waals surface area contributed by atoms with Crippen LogP contribution in [-0.2, 0) is 14.8 Å². The smallest absolute Gasteiger partial charge is 0.264 e. The minimum atomic E-state index is -3.89. The molecule has 0 radical (unpaired) electrons. The van der Waals surface area contributed by atoms with Gasteiger partial charge in [0.15, 0.2) is 0 Å². The molecule has 2 aromatic rings. The molecular formula is C15H12ClNO3S. The quantitative estimate of drug-likeness (QED) is 0.881. The van der Waals surface area contributed by atoms with Crippen molar-refractivity contribution in [2.75, 3.05) is 0 Å². The maximum Gasteiger partial charge on any atom is 0.264 e. The minimum absolute atomic E-state index is 0.0200. The molecule has 0 heterocycles. The van der Waals surface area contributed by atoms with Crippen molar-refractivity contribution >= 4 is 33.6 Å². The lowest BCUT2D eigenvalue weighted by Gasteiger charge is -2.04. The highest BCUT2D eigenvalue weighted by molar-refractivity contribution is 7.90. The summed E-state index contributed by atoms with van der Waals surface area (Å²) in [6.07, 6.45) is 2.70. The van der Waals surface area contributed by atoms with Crippen molar-refractivity contribution < 1.29 is 13.2 Å². The van der Waals surface area contributed by atoms with Gasteiger partial charge in [-0.25, -0.2) is 13.1 Å². The Labute approximate surface area is 128 Å². The molecule has 0 bridgehead atoms. The summed E-state index contributed by atoms with van der Waals surface area (Å²) in [4.78, 5) is 11.6. The summed E-state index contributed by atoms with van der Waals surface area (Å²) >= 11 is 5.69. The molecule has 0 aromatic heterocycles. The van der Waals surface area contributed by atoms with Crippen LogP contribution in [0.4, 0.5) is 0 Å². The molecule has 108 valence electrons. The number of halogens is 1. The Morgan fingerprint density at radius 1 is 1.00 bits per heavy atom. The Morgan fingerprint density at radius 3 is 2.24 bits per heavy atom. The van der Waals surface area contributed by atoms with Crippen LogP contribution in [0.2, 0.25) is 5.02 Å². The summed E-state index contributed by atoms with van der Waals surface area (Å²) in [7, 11) is -3.89. The van der Waals surface area contributed by atoms with Crippen LogP contribution in [0.5, 0.6) is 0 Å². The van der Waals surface area contributed by atoms with Crippen LogP contribution in [0.3, 0.4) is 0 Å². The summed E-state index contributed by atoms with van der Waals surface area (Å²) in [6, 6.07) is 14.7. The third-order valence-electron chi connectivity index (χ3n) is 2.59. The number of rotatable bonds is 4. The van der Waals surface area contributed by atoms with E-state index in [2.05, 4.69) is 0 Å². The number of sulfonamides is 1. The van der Waals surface area contributed by atoms with Crippen molar-refractivity contribution in [1.82, 2.24) is 4.72 Å². The highest BCUT2D eigenvalue weighted by Crippen LogP contribution is 2.13. The molecule has 1 N–H and O–H groups in total. The second kappa shape index (κ2) is 6.56. The predicted octanol–water partition coefficient (Wildman–Crippen LogP) is 2.86. The number of carbonyl (C=O) groups excluding carboxylic acids is 1. The van der Waals surface area contributed by atoms with Gasteiger partial charge in [0.05, 0.1) is 4.90 Å².